The summed E-state index contributed by atoms with van der Waals surface area (Å²) in [6.07, 6.45) is 0.0402. The van der Waals surface area contributed by atoms with Gasteiger partial charge in [-0.25, -0.2) is 4.79 Å². The maximum absolute atomic E-state index is 11.7. The van der Waals surface area contributed by atoms with Crippen LogP contribution in [0.2, 0.25) is 0 Å². The number of aliphatic hydroxyl groups is 1. The quantitative estimate of drug-likeness (QED) is 0.719. The molecule has 1 atom stereocenters. The average molecular weight is 371 g/mol. The van der Waals surface area contributed by atoms with Crippen LogP contribution in [0.25, 0.3) is 0 Å². The number of esters is 1. The lowest BCUT2D eigenvalue weighted by Gasteiger charge is -2.27. The van der Waals surface area contributed by atoms with Crippen LogP contribution in [0, 0.1) is 5.41 Å². The van der Waals surface area contributed by atoms with Gasteiger partial charge in [0.2, 0.25) is 0 Å². The fourth-order valence-corrected chi connectivity index (χ4v) is 2.68. The summed E-state index contributed by atoms with van der Waals surface area (Å²) in [5, 5.41) is 13.9. The molecule has 146 valence electrons. The van der Waals surface area contributed by atoms with E-state index >= 15 is 0 Å². The first-order chi connectivity index (χ1) is 12.7. The maximum Gasteiger partial charge on any atom is 0.337 e. The average Bonchev–Trinajstić information content (AvgIpc) is 2.65. The first-order valence-electron chi connectivity index (χ1n) is 9.00. The predicted octanol–water partition coefficient (Wildman–Crippen LogP) is 4.04. The van der Waals surface area contributed by atoms with Crippen molar-refractivity contribution in [1.82, 2.24) is 0 Å². The van der Waals surface area contributed by atoms with Gasteiger partial charge in [0.05, 0.1) is 25.9 Å². The fraction of sp³-hybridized carbons (Fsp3) is 0.409. The molecule has 0 bridgehead atoms. The molecule has 2 N–H and O–H groups in total. The molecule has 0 fully saturated rings. The number of ether oxygens (including phenoxy) is 2. The van der Waals surface area contributed by atoms with Crippen LogP contribution >= 0.6 is 0 Å². The van der Waals surface area contributed by atoms with Gasteiger partial charge in [0.1, 0.15) is 5.75 Å². The topological polar surface area (TPSA) is 67.8 Å². The summed E-state index contributed by atoms with van der Waals surface area (Å²) in [5.74, 6) is 0.402. The summed E-state index contributed by atoms with van der Waals surface area (Å²) in [5.41, 5.74) is 3.20. The number of aliphatic hydroxyl groups excluding tert-OH is 1. The summed E-state index contributed by atoms with van der Waals surface area (Å²) in [4.78, 5) is 11.7. The Bertz CT molecular complexity index is 780. The number of hydrogen-bond donors (Lipinski definition) is 2. The van der Waals surface area contributed by atoms with E-state index < -0.39 is 6.10 Å². The molecule has 0 spiro atoms. The number of methoxy groups -OCH3 is 2. The van der Waals surface area contributed by atoms with Gasteiger partial charge in [-0.05, 0) is 46.9 Å². The summed E-state index contributed by atoms with van der Waals surface area (Å²) in [7, 11) is 3.00. The highest BCUT2D eigenvalue weighted by atomic mass is 16.5. The van der Waals surface area contributed by atoms with E-state index in [2.05, 4.69) is 5.32 Å². The molecule has 1 unspecified atom stereocenters. The van der Waals surface area contributed by atoms with Crippen molar-refractivity contribution in [3.8, 4) is 5.75 Å². The van der Waals surface area contributed by atoms with Gasteiger partial charge in [0.15, 0.2) is 0 Å². The van der Waals surface area contributed by atoms with Crippen molar-refractivity contribution in [2.45, 2.75) is 39.8 Å². The third-order valence-electron chi connectivity index (χ3n) is 4.56. The van der Waals surface area contributed by atoms with Crippen molar-refractivity contribution in [1.29, 1.82) is 0 Å². The van der Waals surface area contributed by atoms with Crippen molar-refractivity contribution in [2.24, 2.45) is 5.41 Å². The smallest absolute Gasteiger partial charge is 0.337 e. The SMILES string of the molecule is COC(=O)c1cccc(CNc2ccc(OC)cc2CC(O)C(C)(C)C)c1. The molecule has 0 amide bonds. The van der Waals surface area contributed by atoms with E-state index in [1.807, 2.05) is 57.2 Å². The third kappa shape index (κ3) is 5.73. The molecule has 0 aromatic heterocycles. The van der Waals surface area contributed by atoms with Gasteiger partial charge < -0.3 is 19.9 Å². The van der Waals surface area contributed by atoms with E-state index in [1.165, 1.54) is 7.11 Å². The minimum absolute atomic E-state index is 0.213. The molecule has 0 aliphatic heterocycles. The zero-order valence-corrected chi connectivity index (χ0v) is 16.7. The number of anilines is 1. The van der Waals surface area contributed by atoms with Gasteiger partial charge in [0.25, 0.3) is 0 Å². The Hall–Kier alpha value is -2.53. The molecule has 2 aromatic carbocycles. The number of benzene rings is 2. The number of nitrogens with one attached hydrogen (secondary N) is 1. The number of rotatable bonds is 7. The Kier molecular flexibility index (Phi) is 6.86. The second-order valence-electron chi connectivity index (χ2n) is 7.65. The molecule has 0 aliphatic carbocycles. The van der Waals surface area contributed by atoms with E-state index in [9.17, 15) is 9.90 Å². The molecular formula is C22H29NO4. The number of carbonyl (C=O) groups is 1. The molecule has 2 aromatic rings. The minimum Gasteiger partial charge on any atom is -0.497 e. The zero-order valence-electron chi connectivity index (χ0n) is 16.7. The molecule has 5 nitrogen and oxygen atoms in total. The number of carbonyl (C=O) groups excluding carboxylic acids is 1. The summed E-state index contributed by atoms with van der Waals surface area (Å²) in [6, 6.07) is 13.1. The summed E-state index contributed by atoms with van der Waals surface area (Å²) < 4.78 is 10.1. The zero-order chi connectivity index (χ0) is 20.0. The molecule has 5 heteroatoms. The van der Waals surface area contributed by atoms with Crippen LogP contribution in [0.1, 0.15) is 42.3 Å². The van der Waals surface area contributed by atoms with Gasteiger partial charge in [-0.2, -0.15) is 0 Å². The molecule has 0 radical (unpaired) electrons. The predicted molar refractivity (Wildman–Crippen MR) is 107 cm³/mol. The Morgan fingerprint density at radius 2 is 1.89 bits per heavy atom. The maximum atomic E-state index is 11.7. The Labute approximate surface area is 161 Å². The lowest BCUT2D eigenvalue weighted by molar-refractivity contribution is 0.0600. The van der Waals surface area contributed by atoms with Crippen LogP contribution in [-0.4, -0.2) is 31.4 Å². The van der Waals surface area contributed by atoms with Gasteiger partial charge in [-0.15, -0.1) is 0 Å². The van der Waals surface area contributed by atoms with Crippen molar-refractivity contribution < 1.29 is 19.4 Å². The molecule has 0 saturated heterocycles. The van der Waals surface area contributed by atoms with Crippen LogP contribution in [-0.2, 0) is 17.7 Å². The summed E-state index contributed by atoms with van der Waals surface area (Å²) in [6.45, 7) is 6.60. The van der Waals surface area contributed by atoms with E-state index in [0.717, 1.165) is 22.6 Å². The van der Waals surface area contributed by atoms with Crippen molar-refractivity contribution in [2.75, 3.05) is 19.5 Å². The highest BCUT2D eigenvalue weighted by molar-refractivity contribution is 5.89. The fourth-order valence-electron chi connectivity index (χ4n) is 2.68. The molecule has 0 aliphatic rings. The molecule has 0 saturated carbocycles. The molecule has 2 rings (SSSR count). The Morgan fingerprint density at radius 1 is 1.15 bits per heavy atom. The Balaban J connectivity index is 2.19. The second kappa shape index (κ2) is 8.91. The van der Waals surface area contributed by atoms with Crippen LogP contribution in [0.15, 0.2) is 42.5 Å². The number of hydrogen-bond acceptors (Lipinski definition) is 5. The molecule has 0 heterocycles. The van der Waals surface area contributed by atoms with Crippen molar-refractivity contribution >= 4 is 11.7 Å². The van der Waals surface area contributed by atoms with E-state index in [-0.39, 0.29) is 11.4 Å². The van der Waals surface area contributed by atoms with Gasteiger partial charge >= 0.3 is 5.97 Å². The standard InChI is InChI=1S/C22H29NO4/c1-22(2,3)20(24)13-17-12-18(26-4)9-10-19(17)23-14-15-7-6-8-16(11-15)21(25)27-5/h6-12,20,23-24H,13-14H2,1-5H3. The van der Waals surface area contributed by atoms with Gasteiger partial charge in [0, 0.05) is 18.7 Å². The molecular weight excluding hydrogens is 342 g/mol. The van der Waals surface area contributed by atoms with Gasteiger partial charge in [-0.1, -0.05) is 32.9 Å². The summed E-state index contributed by atoms with van der Waals surface area (Å²) >= 11 is 0. The largest absolute Gasteiger partial charge is 0.497 e. The van der Waals surface area contributed by atoms with Gasteiger partial charge in [-0.3, -0.25) is 0 Å². The third-order valence-corrected chi connectivity index (χ3v) is 4.56. The lowest BCUT2D eigenvalue weighted by Crippen LogP contribution is -2.28. The van der Waals surface area contributed by atoms with E-state index in [0.29, 0.717) is 18.5 Å². The first kappa shape index (κ1) is 20.8. The lowest BCUT2D eigenvalue weighted by atomic mass is 9.85. The Morgan fingerprint density at radius 3 is 2.52 bits per heavy atom. The van der Waals surface area contributed by atoms with Crippen LogP contribution in [0.5, 0.6) is 5.75 Å². The van der Waals surface area contributed by atoms with Crippen LogP contribution in [0.4, 0.5) is 5.69 Å². The van der Waals surface area contributed by atoms with Crippen molar-refractivity contribution in [3.05, 3.63) is 59.2 Å². The van der Waals surface area contributed by atoms with Crippen LogP contribution in [0.3, 0.4) is 0 Å². The highest BCUT2D eigenvalue weighted by Crippen LogP contribution is 2.28. The first-order valence-corrected chi connectivity index (χ1v) is 9.00. The van der Waals surface area contributed by atoms with Crippen LogP contribution < -0.4 is 10.1 Å². The molecule has 27 heavy (non-hydrogen) atoms. The highest BCUT2D eigenvalue weighted by Gasteiger charge is 2.23. The second-order valence-corrected chi connectivity index (χ2v) is 7.65. The normalized spacial score (nSPS) is 12.4. The minimum atomic E-state index is -0.479. The monoisotopic (exact) mass is 371 g/mol. The van der Waals surface area contributed by atoms with E-state index in [4.69, 9.17) is 9.47 Å². The van der Waals surface area contributed by atoms with E-state index in [1.54, 1.807) is 13.2 Å². The van der Waals surface area contributed by atoms with Crippen molar-refractivity contribution in [3.63, 3.8) is 0 Å².